The molecular weight excluding hydrogens is 430 g/mol. The summed E-state index contributed by atoms with van der Waals surface area (Å²) in [5, 5.41) is 7.33. The molecular formula is C21H41N7O3S. The normalized spacial score (nSPS) is 42.8. The number of piperidine rings is 1. The van der Waals surface area contributed by atoms with Gasteiger partial charge in [0.05, 0.1) is 18.3 Å². The molecule has 5 aliphatic rings. The number of sulfonamides is 1. The molecule has 184 valence electrons. The highest BCUT2D eigenvalue weighted by Gasteiger charge is 2.48. The van der Waals surface area contributed by atoms with Crippen LogP contribution in [0.3, 0.4) is 0 Å². The van der Waals surface area contributed by atoms with Gasteiger partial charge in [0, 0.05) is 59.0 Å². The number of nitrogens with one attached hydrogen (secondary N) is 4. The van der Waals surface area contributed by atoms with Gasteiger partial charge in [-0.1, -0.05) is 6.92 Å². The number of hydrogen-bond acceptors (Lipinski definition) is 9. The first kappa shape index (κ1) is 23.4. The molecule has 1 saturated carbocycles. The van der Waals surface area contributed by atoms with Crippen LogP contribution in [0.2, 0.25) is 0 Å². The maximum Gasteiger partial charge on any atom is 0.217 e. The molecule has 0 spiro atoms. The van der Waals surface area contributed by atoms with Gasteiger partial charge in [-0.15, -0.1) is 0 Å². The van der Waals surface area contributed by atoms with Crippen LogP contribution in [0.15, 0.2) is 0 Å². The molecule has 0 bridgehead atoms. The standard InChI is InChI=1S/C21H41N7O3S/c1-14-11-27(12-14)16-6-7-22-19(8-16)28-13-17(10-24-28)32(29,30)25-20-18(31-3)5-4-15-9-23-26(2)21(15)20/h14-25H,4-13H2,1-3H3. The highest BCUT2D eigenvalue weighted by atomic mass is 32.2. The fraction of sp³-hybridized carbons (Fsp3) is 1.00. The number of nitrogens with zero attached hydrogens (tertiary/aromatic N) is 3. The second-order valence-corrected chi connectivity index (χ2v) is 12.6. The van der Waals surface area contributed by atoms with Crippen LogP contribution in [0, 0.1) is 11.8 Å². The van der Waals surface area contributed by atoms with Crippen molar-refractivity contribution in [2.45, 2.75) is 68.3 Å². The lowest BCUT2D eigenvalue weighted by Crippen LogP contribution is -2.61. The van der Waals surface area contributed by atoms with Crippen molar-refractivity contribution in [3.05, 3.63) is 0 Å². The Balaban J connectivity index is 1.21. The van der Waals surface area contributed by atoms with E-state index in [1.807, 2.05) is 7.05 Å². The van der Waals surface area contributed by atoms with E-state index in [0.717, 1.165) is 38.3 Å². The minimum Gasteiger partial charge on any atom is -0.380 e. The van der Waals surface area contributed by atoms with Crippen LogP contribution >= 0.6 is 0 Å². The molecule has 0 aromatic heterocycles. The number of ether oxygens (including phenoxy) is 1. The molecule has 4 saturated heterocycles. The summed E-state index contributed by atoms with van der Waals surface area (Å²) in [5.74, 6) is 1.25. The van der Waals surface area contributed by atoms with Gasteiger partial charge in [0.2, 0.25) is 10.0 Å². The average Bonchev–Trinajstić information content (AvgIpc) is 3.40. The van der Waals surface area contributed by atoms with E-state index in [0.29, 0.717) is 25.0 Å². The summed E-state index contributed by atoms with van der Waals surface area (Å²) in [4.78, 5) is 2.58. The highest BCUT2D eigenvalue weighted by molar-refractivity contribution is 7.90. The van der Waals surface area contributed by atoms with Gasteiger partial charge in [-0.2, -0.15) is 0 Å². The van der Waals surface area contributed by atoms with Crippen molar-refractivity contribution in [1.29, 1.82) is 0 Å². The van der Waals surface area contributed by atoms with Crippen molar-refractivity contribution in [3.8, 4) is 0 Å². The van der Waals surface area contributed by atoms with Crippen molar-refractivity contribution >= 4 is 10.0 Å². The largest absolute Gasteiger partial charge is 0.380 e. The van der Waals surface area contributed by atoms with Crippen LogP contribution < -0.4 is 20.9 Å². The maximum atomic E-state index is 13.4. The lowest BCUT2D eigenvalue weighted by Gasteiger charge is -2.47. The van der Waals surface area contributed by atoms with E-state index in [1.54, 1.807) is 7.11 Å². The van der Waals surface area contributed by atoms with Crippen LogP contribution in [-0.2, 0) is 14.8 Å². The molecule has 0 radical (unpaired) electrons. The summed E-state index contributed by atoms with van der Waals surface area (Å²) in [6, 6.07) is 0.483. The number of rotatable bonds is 6. The zero-order chi connectivity index (χ0) is 22.5. The van der Waals surface area contributed by atoms with Crippen LogP contribution in [0.25, 0.3) is 0 Å². The molecule has 32 heavy (non-hydrogen) atoms. The Hall–Kier alpha value is -0.370. The average molecular weight is 472 g/mol. The molecule has 4 heterocycles. The number of likely N-dealkylation sites (tertiary alicyclic amines) is 1. The van der Waals surface area contributed by atoms with Crippen LogP contribution in [0.1, 0.15) is 32.6 Å². The number of hydrazine groups is 2. The first-order valence-corrected chi connectivity index (χ1v) is 13.9. The maximum absolute atomic E-state index is 13.4. The Morgan fingerprint density at radius 1 is 1.06 bits per heavy atom. The van der Waals surface area contributed by atoms with Crippen LogP contribution in [0.4, 0.5) is 0 Å². The summed E-state index contributed by atoms with van der Waals surface area (Å²) in [7, 11) is 0.205. The van der Waals surface area contributed by atoms with Gasteiger partial charge in [-0.25, -0.2) is 23.2 Å². The fourth-order valence-electron chi connectivity index (χ4n) is 6.59. The molecule has 1 aliphatic carbocycles. The van der Waals surface area contributed by atoms with Crippen molar-refractivity contribution in [2.75, 3.05) is 53.4 Å². The van der Waals surface area contributed by atoms with Crippen molar-refractivity contribution in [1.82, 2.24) is 35.8 Å². The first-order chi connectivity index (χ1) is 15.4. The molecule has 11 heteroatoms. The number of methoxy groups -OCH3 is 1. The third kappa shape index (κ3) is 4.48. The fourth-order valence-corrected chi connectivity index (χ4v) is 8.10. The molecule has 5 rings (SSSR count). The van der Waals surface area contributed by atoms with Gasteiger partial charge >= 0.3 is 0 Å². The SMILES string of the molecule is COC1CCC2CNN(C)C2C1NS(=O)(=O)C1CNN(C2CC(N3CC(C)C3)CCN2)C1. The van der Waals surface area contributed by atoms with Gasteiger partial charge in [-0.3, -0.25) is 15.8 Å². The minimum atomic E-state index is -3.49. The molecule has 0 amide bonds. The summed E-state index contributed by atoms with van der Waals surface area (Å²) in [6.07, 6.45) is 4.23. The molecule has 10 nitrogen and oxygen atoms in total. The van der Waals surface area contributed by atoms with Crippen LogP contribution in [-0.4, -0.2) is 112 Å². The zero-order valence-electron chi connectivity index (χ0n) is 19.7. The third-order valence-electron chi connectivity index (χ3n) is 8.43. The molecule has 5 fully saturated rings. The Labute approximate surface area is 192 Å². The smallest absolute Gasteiger partial charge is 0.217 e. The molecule has 0 aromatic carbocycles. The van der Waals surface area contributed by atoms with Gasteiger partial charge in [0.25, 0.3) is 0 Å². The van der Waals surface area contributed by atoms with E-state index in [-0.39, 0.29) is 24.4 Å². The molecule has 4 aliphatic heterocycles. The third-order valence-corrected chi connectivity index (χ3v) is 10.2. The van der Waals surface area contributed by atoms with Crippen molar-refractivity contribution < 1.29 is 13.2 Å². The monoisotopic (exact) mass is 471 g/mol. The van der Waals surface area contributed by atoms with E-state index in [4.69, 9.17) is 4.74 Å². The minimum absolute atomic E-state index is 0.0986. The van der Waals surface area contributed by atoms with Crippen LogP contribution in [0.5, 0.6) is 0 Å². The Morgan fingerprint density at radius 2 is 1.88 bits per heavy atom. The van der Waals surface area contributed by atoms with Crippen molar-refractivity contribution in [3.63, 3.8) is 0 Å². The predicted molar refractivity (Wildman–Crippen MR) is 123 cm³/mol. The summed E-state index contributed by atoms with van der Waals surface area (Å²) in [5.41, 5.74) is 6.76. The topological polar surface area (TPSA) is 101 Å². The Kier molecular flexibility index (Phi) is 6.83. The lowest BCUT2D eigenvalue weighted by atomic mass is 9.80. The zero-order valence-corrected chi connectivity index (χ0v) is 20.5. The van der Waals surface area contributed by atoms with Gasteiger partial charge in [0.1, 0.15) is 5.25 Å². The molecule has 7 unspecified atom stereocenters. The van der Waals surface area contributed by atoms with E-state index in [1.165, 1.54) is 19.5 Å². The Bertz CT molecular complexity index is 764. The first-order valence-electron chi connectivity index (χ1n) is 12.3. The van der Waals surface area contributed by atoms with E-state index >= 15 is 0 Å². The lowest BCUT2D eigenvalue weighted by molar-refractivity contribution is 0.00320. The summed E-state index contributed by atoms with van der Waals surface area (Å²) < 4.78 is 35.7. The molecule has 4 N–H and O–H groups in total. The number of hydrogen-bond donors (Lipinski definition) is 4. The molecule has 0 aromatic rings. The second kappa shape index (κ2) is 9.35. The van der Waals surface area contributed by atoms with Gasteiger partial charge in [0.15, 0.2) is 0 Å². The number of fused-ring (bicyclic) bond motifs is 1. The Morgan fingerprint density at radius 3 is 2.62 bits per heavy atom. The van der Waals surface area contributed by atoms with Gasteiger partial charge in [-0.05, 0) is 44.1 Å². The van der Waals surface area contributed by atoms with E-state index in [2.05, 4.69) is 42.7 Å². The van der Waals surface area contributed by atoms with E-state index < -0.39 is 15.3 Å². The van der Waals surface area contributed by atoms with Crippen molar-refractivity contribution in [2.24, 2.45) is 11.8 Å². The second-order valence-electron chi connectivity index (χ2n) is 10.6. The number of likely N-dealkylation sites (N-methyl/N-ethyl adjacent to an activating group) is 1. The highest BCUT2D eigenvalue weighted by Crippen LogP contribution is 2.33. The summed E-state index contributed by atoms with van der Waals surface area (Å²) >= 11 is 0. The van der Waals surface area contributed by atoms with E-state index in [9.17, 15) is 8.42 Å². The van der Waals surface area contributed by atoms with Gasteiger partial charge < -0.3 is 10.1 Å². The predicted octanol–water partition coefficient (Wildman–Crippen LogP) is -1.26. The summed E-state index contributed by atoms with van der Waals surface area (Å²) in [6.45, 7) is 7.53. The quantitative estimate of drug-likeness (QED) is 0.378. The molecule has 7 atom stereocenters.